The van der Waals surface area contributed by atoms with Crippen molar-refractivity contribution in [3.05, 3.63) is 111 Å². The van der Waals surface area contributed by atoms with E-state index in [0.717, 1.165) is 22.6 Å². The summed E-state index contributed by atoms with van der Waals surface area (Å²) < 4.78 is 2.08. The normalized spacial score (nSPS) is 14.2. The Morgan fingerprint density at radius 1 is 0.921 bits per heavy atom. The van der Waals surface area contributed by atoms with E-state index in [1.807, 2.05) is 74.6 Å². The molecule has 3 aromatic carbocycles. The quantitative estimate of drug-likeness (QED) is 0.267. The number of halogens is 3. The van der Waals surface area contributed by atoms with Gasteiger partial charge in [0.15, 0.2) is 0 Å². The maximum atomic E-state index is 14.2. The summed E-state index contributed by atoms with van der Waals surface area (Å²) in [5.74, 6) is -0.240. The fraction of sp³-hybridized carbons (Fsp3) is 0.172. The van der Waals surface area contributed by atoms with Crippen molar-refractivity contribution < 1.29 is 9.59 Å². The summed E-state index contributed by atoms with van der Waals surface area (Å²) in [5, 5.41) is 3.95. The number of para-hydroxylation sites is 2. The van der Waals surface area contributed by atoms with Crippen LogP contribution >= 0.6 is 34.8 Å². The van der Waals surface area contributed by atoms with E-state index >= 15 is 0 Å². The van der Waals surface area contributed by atoms with E-state index in [2.05, 4.69) is 9.88 Å². The Morgan fingerprint density at radius 2 is 1.66 bits per heavy atom. The molecule has 0 radical (unpaired) electrons. The summed E-state index contributed by atoms with van der Waals surface area (Å²) in [4.78, 5) is 30.8. The van der Waals surface area contributed by atoms with Crippen LogP contribution in [0.3, 0.4) is 0 Å². The number of hydrogen-bond acceptors (Lipinski definition) is 2. The van der Waals surface area contributed by atoms with Crippen molar-refractivity contribution in [3.8, 4) is 5.69 Å². The smallest absolute Gasteiger partial charge is 0.316 e. The molecule has 0 saturated carbocycles. The lowest BCUT2D eigenvalue weighted by molar-refractivity contribution is -0.119. The molecule has 1 aliphatic rings. The first-order valence-electron chi connectivity index (χ1n) is 12.1. The van der Waals surface area contributed by atoms with Crippen LogP contribution < -0.4 is 10.2 Å². The summed E-state index contributed by atoms with van der Waals surface area (Å²) in [6, 6.07) is 23.0. The Balaban J connectivity index is 1.52. The number of rotatable bonds is 5. The van der Waals surface area contributed by atoms with Gasteiger partial charge in [0.25, 0.3) is 0 Å². The number of urea groups is 1. The molecule has 194 valence electrons. The van der Waals surface area contributed by atoms with Crippen LogP contribution in [0.1, 0.15) is 31.1 Å². The molecule has 1 unspecified atom stereocenters. The Bertz CT molecular complexity index is 1520. The molecular weight excluding hydrogens is 543 g/mol. The molecule has 0 aliphatic carbocycles. The molecule has 1 atom stereocenters. The van der Waals surface area contributed by atoms with Crippen LogP contribution in [0, 0.1) is 0 Å². The standard InChI is InChI=1S/C29H25Cl3N4O2/c1-18(2)35(29(38)33-22-11-6-10-21(31)27(22)32)17-26(37)36-24-13-4-3-12-23(24)34-15-7-14-25(34)28(36)19-8-5-9-20(30)16-19/h3-16,18,28H,17H2,1-2H3,(H,33,38). The molecule has 2 heterocycles. The van der Waals surface area contributed by atoms with Crippen LogP contribution in [0.2, 0.25) is 15.1 Å². The summed E-state index contributed by atoms with van der Waals surface area (Å²) in [6.45, 7) is 3.56. The molecule has 6 nitrogen and oxygen atoms in total. The maximum absolute atomic E-state index is 14.2. The predicted molar refractivity (Wildman–Crippen MR) is 154 cm³/mol. The number of fused-ring (bicyclic) bond motifs is 3. The van der Waals surface area contributed by atoms with Gasteiger partial charge < -0.3 is 14.8 Å². The van der Waals surface area contributed by atoms with Crippen molar-refractivity contribution in [2.45, 2.75) is 25.9 Å². The first-order valence-corrected chi connectivity index (χ1v) is 13.3. The fourth-order valence-electron chi connectivity index (χ4n) is 4.75. The number of nitrogens with one attached hydrogen (secondary N) is 1. The van der Waals surface area contributed by atoms with Crippen LogP contribution in [0.25, 0.3) is 5.69 Å². The molecule has 0 bridgehead atoms. The SMILES string of the molecule is CC(C)N(CC(=O)N1c2ccccc2-n2cccc2C1c1cccc(Cl)c1)C(=O)Nc1cccc(Cl)c1Cl. The van der Waals surface area contributed by atoms with Gasteiger partial charge in [-0.3, -0.25) is 9.69 Å². The zero-order chi connectivity index (χ0) is 27.0. The Labute approximate surface area is 236 Å². The first kappa shape index (κ1) is 26.2. The maximum Gasteiger partial charge on any atom is 0.322 e. The Morgan fingerprint density at radius 3 is 2.39 bits per heavy atom. The molecule has 5 rings (SSSR count). The Hall–Kier alpha value is -3.45. The second kappa shape index (κ2) is 10.7. The molecule has 0 saturated heterocycles. The van der Waals surface area contributed by atoms with E-state index in [4.69, 9.17) is 34.8 Å². The van der Waals surface area contributed by atoms with Crippen molar-refractivity contribution in [1.29, 1.82) is 0 Å². The van der Waals surface area contributed by atoms with Gasteiger partial charge in [0.1, 0.15) is 12.6 Å². The number of hydrogen-bond donors (Lipinski definition) is 1. The molecule has 3 amide bonds. The fourth-order valence-corrected chi connectivity index (χ4v) is 5.30. The van der Waals surface area contributed by atoms with Gasteiger partial charge in [0, 0.05) is 17.3 Å². The lowest BCUT2D eigenvalue weighted by Gasteiger charge is -2.40. The topological polar surface area (TPSA) is 57.6 Å². The van der Waals surface area contributed by atoms with E-state index in [0.29, 0.717) is 15.7 Å². The summed E-state index contributed by atoms with van der Waals surface area (Å²) in [6.07, 6.45) is 1.98. The van der Waals surface area contributed by atoms with E-state index in [-0.39, 0.29) is 23.5 Å². The van der Waals surface area contributed by atoms with Crippen molar-refractivity contribution in [3.63, 3.8) is 0 Å². The van der Waals surface area contributed by atoms with Gasteiger partial charge in [0.2, 0.25) is 5.91 Å². The first-order chi connectivity index (χ1) is 18.3. The molecule has 9 heteroatoms. The minimum Gasteiger partial charge on any atom is -0.316 e. The lowest BCUT2D eigenvalue weighted by Crippen LogP contribution is -2.49. The summed E-state index contributed by atoms with van der Waals surface area (Å²) >= 11 is 18.8. The number of benzene rings is 3. The third-order valence-corrected chi connectivity index (χ3v) is 7.59. The third kappa shape index (κ3) is 4.87. The minimum absolute atomic E-state index is 0.159. The number of anilines is 2. The number of carbonyl (C=O) groups is 2. The van der Waals surface area contributed by atoms with Crippen molar-refractivity contribution in [2.24, 2.45) is 0 Å². The van der Waals surface area contributed by atoms with Crippen LogP contribution in [-0.2, 0) is 4.79 Å². The van der Waals surface area contributed by atoms with Crippen molar-refractivity contribution >= 4 is 58.1 Å². The highest BCUT2D eigenvalue weighted by atomic mass is 35.5. The summed E-state index contributed by atoms with van der Waals surface area (Å²) in [7, 11) is 0. The zero-order valence-electron chi connectivity index (χ0n) is 20.7. The van der Waals surface area contributed by atoms with E-state index in [1.54, 1.807) is 29.2 Å². The lowest BCUT2D eigenvalue weighted by atomic mass is 9.97. The van der Waals surface area contributed by atoms with Gasteiger partial charge in [-0.05, 0) is 67.9 Å². The van der Waals surface area contributed by atoms with Crippen LogP contribution in [-0.4, -0.2) is 34.0 Å². The molecule has 1 aromatic heterocycles. The van der Waals surface area contributed by atoms with Crippen LogP contribution in [0.5, 0.6) is 0 Å². The second-order valence-corrected chi connectivity index (χ2v) is 10.5. The predicted octanol–water partition coefficient (Wildman–Crippen LogP) is 7.82. The molecule has 38 heavy (non-hydrogen) atoms. The van der Waals surface area contributed by atoms with Gasteiger partial charge in [0.05, 0.1) is 32.8 Å². The highest BCUT2D eigenvalue weighted by molar-refractivity contribution is 6.44. The zero-order valence-corrected chi connectivity index (χ0v) is 23.0. The largest absolute Gasteiger partial charge is 0.322 e. The molecular formula is C29H25Cl3N4O2. The second-order valence-electron chi connectivity index (χ2n) is 9.27. The molecule has 0 fully saturated rings. The van der Waals surface area contributed by atoms with Crippen molar-refractivity contribution in [2.75, 3.05) is 16.8 Å². The molecule has 0 spiro atoms. The van der Waals surface area contributed by atoms with E-state index in [1.165, 1.54) is 4.90 Å². The average Bonchev–Trinajstić information content (AvgIpc) is 3.38. The number of amides is 3. The number of aromatic nitrogens is 1. The van der Waals surface area contributed by atoms with Gasteiger partial charge in [-0.1, -0.05) is 65.1 Å². The van der Waals surface area contributed by atoms with Crippen molar-refractivity contribution in [1.82, 2.24) is 9.47 Å². The highest BCUT2D eigenvalue weighted by Crippen LogP contribution is 2.42. The summed E-state index contributed by atoms with van der Waals surface area (Å²) in [5.41, 5.74) is 3.79. The van der Waals surface area contributed by atoms with Gasteiger partial charge >= 0.3 is 6.03 Å². The molecule has 1 aliphatic heterocycles. The Kier molecular flexibility index (Phi) is 7.39. The van der Waals surface area contributed by atoms with E-state index < -0.39 is 12.1 Å². The average molecular weight is 568 g/mol. The third-order valence-electron chi connectivity index (χ3n) is 6.54. The van der Waals surface area contributed by atoms with Gasteiger partial charge in [-0.15, -0.1) is 0 Å². The molecule has 4 aromatic rings. The van der Waals surface area contributed by atoms with Crippen LogP contribution in [0.4, 0.5) is 16.2 Å². The van der Waals surface area contributed by atoms with Gasteiger partial charge in [-0.2, -0.15) is 0 Å². The van der Waals surface area contributed by atoms with Gasteiger partial charge in [-0.25, -0.2) is 4.79 Å². The molecule has 1 N–H and O–H groups in total. The van der Waals surface area contributed by atoms with Crippen LogP contribution in [0.15, 0.2) is 85.1 Å². The highest BCUT2D eigenvalue weighted by Gasteiger charge is 2.37. The number of nitrogens with zero attached hydrogens (tertiary/aromatic N) is 3. The van der Waals surface area contributed by atoms with E-state index in [9.17, 15) is 9.59 Å². The minimum atomic E-state index is -0.453. The monoisotopic (exact) mass is 566 g/mol. The number of carbonyl (C=O) groups excluding carboxylic acids is 2.